The minimum Gasteiger partial charge on any atom is -0.398 e. The molecule has 0 aromatic heterocycles. The smallest absolute Gasteiger partial charge is 0.101 e. The number of anilines is 2. The van der Waals surface area contributed by atoms with Gasteiger partial charge < -0.3 is 16.0 Å². The van der Waals surface area contributed by atoms with E-state index in [9.17, 15) is 0 Å². The Labute approximate surface area is 108 Å². The highest BCUT2D eigenvalue weighted by molar-refractivity contribution is 5.61. The first-order valence-electron chi connectivity index (χ1n) is 6.48. The van der Waals surface area contributed by atoms with E-state index in [2.05, 4.69) is 23.2 Å². The number of hydrogen-bond acceptors (Lipinski definition) is 4. The maximum Gasteiger partial charge on any atom is 0.101 e. The molecule has 1 fully saturated rings. The number of nitriles is 1. The molecule has 1 aliphatic rings. The summed E-state index contributed by atoms with van der Waals surface area (Å²) in [5, 5.41) is 12.3. The molecule has 0 saturated carbocycles. The molecule has 1 aromatic carbocycles. The number of nitrogens with zero attached hydrogens (tertiary/aromatic N) is 2. The average molecular weight is 244 g/mol. The number of likely N-dealkylation sites (tertiary alicyclic amines) is 1. The number of nitrogens with two attached hydrogens (primary N) is 1. The van der Waals surface area contributed by atoms with Gasteiger partial charge in [-0.25, -0.2) is 0 Å². The Bertz CT molecular complexity index is 450. The average Bonchev–Trinajstić information content (AvgIpc) is 2.86. The Morgan fingerprint density at radius 2 is 2.39 bits per heavy atom. The maximum absolute atomic E-state index is 8.92. The summed E-state index contributed by atoms with van der Waals surface area (Å²) in [4.78, 5) is 2.47. The van der Waals surface area contributed by atoms with E-state index in [-0.39, 0.29) is 0 Å². The van der Waals surface area contributed by atoms with Gasteiger partial charge in [0.1, 0.15) is 6.07 Å². The molecule has 4 heteroatoms. The van der Waals surface area contributed by atoms with Crippen LogP contribution in [0, 0.1) is 17.2 Å². The molecule has 1 heterocycles. The molecule has 0 aliphatic carbocycles. The van der Waals surface area contributed by atoms with Crippen molar-refractivity contribution in [1.82, 2.24) is 4.90 Å². The van der Waals surface area contributed by atoms with Crippen molar-refractivity contribution in [1.29, 1.82) is 5.26 Å². The Hall–Kier alpha value is -1.73. The monoisotopic (exact) mass is 244 g/mol. The standard InChI is InChI=1S/C14H20N4/c1-2-18-6-5-11(10-18)9-17-13-3-4-14(16)12(7-13)8-15/h3-4,7,11,17H,2,5-6,9-10,16H2,1H3. The van der Waals surface area contributed by atoms with Gasteiger partial charge in [0.15, 0.2) is 0 Å². The molecule has 1 saturated heterocycles. The van der Waals surface area contributed by atoms with Gasteiger partial charge in [0, 0.05) is 24.5 Å². The van der Waals surface area contributed by atoms with E-state index in [1.54, 1.807) is 6.07 Å². The summed E-state index contributed by atoms with van der Waals surface area (Å²) in [6, 6.07) is 7.65. The van der Waals surface area contributed by atoms with E-state index in [4.69, 9.17) is 11.0 Å². The van der Waals surface area contributed by atoms with Gasteiger partial charge in [0.25, 0.3) is 0 Å². The first kappa shape index (κ1) is 12.7. The van der Waals surface area contributed by atoms with Crippen LogP contribution in [-0.2, 0) is 0 Å². The third kappa shape index (κ3) is 2.93. The number of benzene rings is 1. The van der Waals surface area contributed by atoms with Crippen molar-refractivity contribution < 1.29 is 0 Å². The largest absolute Gasteiger partial charge is 0.398 e. The lowest BCUT2D eigenvalue weighted by molar-refractivity contribution is 0.345. The van der Waals surface area contributed by atoms with Gasteiger partial charge in [-0.2, -0.15) is 5.26 Å². The van der Waals surface area contributed by atoms with Crippen LogP contribution in [-0.4, -0.2) is 31.1 Å². The van der Waals surface area contributed by atoms with Gasteiger partial charge >= 0.3 is 0 Å². The SMILES string of the molecule is CCN1CCC(CNc2ccc(N)c(C#N)c2)C1. The van der Waals surface area contributed by atoms with E-state index in [0.29, 0.717) is 17.2 Å². The zero-order valence-electron chi connectivity index (χ0n) is 10.8. The minimum absolute atomic E-state index is 0.543. The second-order valence-electron chi connectivity index (χ2n) is 4.84. The number of hydrogen-bond donors (Lipinski definition) is 2. The van der Waals surface area contributed by atoms with E-state index in [1.165, 1.54) is 19.5 Å². The summed E-state index contributed by atoms with van der Waals surface area (Å²) >= 11 is 0. The number of rotatable bonds is 4. The second kappa shape index (κ2) is 5.74. The lowest BCUT2D eigenvalue weighted by Gasteiger charge is -2.14. The number of nitrogen functional groups attached to an aromatic ring is 1. The highest BCUT2D eigenvalue weighted by Crippen LogP contribution is 2.19. The molecule has 1 aliphatic heterocycles. The Morgan fingerprint density at radius 1 is 1.56 bits per heavy atom. The van der Waals surface area contributed by atoms with E-state index in [1.807, 2.05) is 12.1 Å². The first-order chi connectivity index (χ1) is 8.72. The summed E-state index contributed by atoms with van der Waals surface area (Å²) in [5.41, 5.74) is 7.77. The molecule has 96 valence electrons. The van der Waals surface area contributed by atoms with Crippen LogP contribution in [0.5, 0.6) is 0 Å². The molecule has 0 amide bonds. The molecule has 18 heavy (non-hydrogen) atoms. The van der Waals surface area contributed by atoms with E-state index >= 15 is 0 Å². The molecule has 0 spiro atoms. The van der Waals surface area contributed by atoms with Crippen molar-refractivity contribution in [3.63, 3.8) is 0 Å². The van der Waals surface area contributed by atoms with Crippen LogP contribution in [0.2, 0.25) is 0 Å². The van der Waals surface area contributed by atoms with Gasteiger partial charge in [-0.15, -0.1) is 0 Å². The van der Waals surface area contributed by atoms with Gasteiger partial charge in [-0.1, -0.05) is 6.92 Å². The Balaban J connectivity index is 1.89. The summed E-state index contributed by atoms with van der Waals surface area (Å²) in [7, 11) is 0. The fraction of sp³-hybridized carbons (Fsp3) is 0.500. The van der Waals surface area contributed by atoms with Crippen molar-refractivity contribution in [2.45, 2.75) is 13.3 Å². The molecule has 3 N–H and O–H groups in total. The molecule has 1 aromatic rings. The van der Waals surface area contributed by atoms with Crippen LogP contribution in [0.3, 0.4) is 0 Å². The van der Waals surface area contributed by atoms with Crippen LogP contribution >= 0.6 is 0 Å². The Kier molecular flexibility index (Phi) is 4.06. The van der Waals surface area contributed by atoms with E-state index in [0.717, 1.165) is 18.8 Å². The zero-order chi connectivity index (χ0) is 13.0. The summed E-state index contributed by atoms with van der Waals surface area (Å²) in [6.07, 6.45) is 1.25. The molecule has 0 radical (unpaired) electrons. The van der Waals surface area contributed by atoms with Gasteiger partial charge in [0.05, 0.1) is 5.56 Å². The third-order valence-corrected chi connectivity index (χ3v) is 3.59. The fourth-order valence-corrected chi connectivity index (χ4v) is 2.39. The first-order valence-corrected chi connectivity index (χ1v) is 6.48. The van der Waals surface area contributed by atoms with Crippen LogP contribution in [0.1, 0.15) is 18.9 Å². The van der Waals surface area contributed by atoms with Gasteiger partial charge in [-0.3, -0.25) is 0 Å². The van der Waals surface area contributed by atoms with Crippen molar-refractivity contribution in [2.24, 2.45) is 5.92 Å². The predicted molar refractivity (Wildman–Crippen MR) is 74.3 cm³/mol. The molecular weight excluding hydrogens is 224 g/mol. The van der Waals surface area contributed by atoms with Crippen LogP contribution in [0.15, 0.2) is 18.2 Å². The number of nitrogens with one attached hydrogen (secondary N) is 1. The molecule has 2 rings (SSSR count). The summed E-state index contributed by atoms with van der Waals surface area (Å²) in [5.74, 6) is 0.702. The topological polar surface area (TPSA) is 65.1 Å². The van der Waals surface area contributed by atoms with Crippen molar-refractivity contribution in [3.05, 3.63) is 23.8 Å². The molecular formula is C14H20N4. The molecule has 1 unspecified atom stereocenters. The predicted octanol–water partition coefficient (Wildman–Crippen LogP) is 1.89. The van der Waals surface area contributed by atoms with Gasteiger partial charge in [0.2, 0.25) is 0 Å². The molecule has 1 atom stereocenters. The Morgan fingerprint density at radius 3 is 3.06 bits per heavy atom. The zero-order valence-corrected chi connectivity index (χ0v) is 10.8. The van der Waals surface area contributed by atoms with Crippen molar-refractivity contribution in [3.8, 4) is 6.07 Å². The van der Waals surface area contributed by atoms with Crippen LogP contribution in [0.25, 0.3) is 0 Å². The highest BCUT2D eigenvalue weighted by atomic mass is 15.1. The maximum atomic E-state index is 8.92. The van der Waals surface area contributed by atoms with E-state index < -0.39 is 0 Å². The molecule has 0 bridgehead atoms. The normalized spacial score (nSPS) is 19.7. The minimum atomic E-state index is 0.543. The van der Waals surface area contributed by atoms with Gasteiger partial charge in [-0.05, 0) is 43.6 Å². The van der Waals surface area contributed by atoms with Crippen molar-refractivity contribution in [2.75, 3.05) is 37.2 Å². The van der Waals surface area contributed by atoms with Crippen LogP contribution < -0.4 is 11.1 Å². The summed E-state index contributed by atoms with van der Waals surface area (Å²) in [6.45, 7) is 6.68. The highest BCUT2D eigenvalue weighted by Gasteiger charge is 2.20. The third-order valence-electron chi connectivity index (χ3n) is 3.59. The quantitative estimate of drug-likeness (QED) is 0.794. The molecule has 4 nitrogen and oxygen atoms in total. The van der Waals surface area contributed by atoms with Crippen molar-refractivity contribution >= 4 is 11.4 Å². The second-order valence-corrected chi connectivity index (χ2v) is 4.84. The lowest BCUT2D eigenvalue weighted by atomic mass is 10.1. The fourth-order valence-electron chi connectivity index (χ4n) is 2.39. The van der Waals surface area contributed by atoms with Crippen LogP contribution in [0.4, 0.5) is 11.4 Å². The lowest BCUT2D eigenvalue weighted by Crippen LogP contribution is -2.22. The summed E-state index contributed by atoms with van der Waals surface area (Å²) < 4.78 is 0.